The summed E-state index contributed by atoms with van der Waals surface area (Å²) in [6.45, 7) is 5.92. The van der Waals surface area contributed by atoms with Crippen molar-refractivity contribution < 1.29 is 12.9 Å². The zero-order valence-corrected chi connectivity index (χ0v) is 15.1. The van der Waals surface area contributed by atoms with Crippen molar-refractivity contribution in [1.82, 2.24) is 20.0 Å². The summed E-state index contributed by atoms with van der Waals surface area (Å²) in [5.41, 5.74) is 1.91. The Hall–Kier alpha value is -2.00. The molecule has 2 aliphatic rings. The van der Waals surface area contributed by atoms with Gasteiger partial charge in [-0.15, -0.1) is 0 Å². The number of aryl methyl sites for hydroxylation is 2. The van der Waals surface area contributed by atoms with Crippen molar-refractivity contribution in [3.05, 3.63) is 35.5 Å². The molecule has 0 unspecified atom stereocenters. The van der Waals surface area contributed by atoms with Gasteiger partial charge in [-0.05, 0) is 19.9 Å². The molecular formula is C16H21N5O3S. The van der Waals surface area contributed by atoms with E-state index in [4.69, 9.17) is 4.52 Å². The van der Waals surface area contributed by atoms with Crippen LogP contribution < -0.4 is 4.90 Å². The molecule has 2 aromatic heterocycles. The van der Waals surface area contributed by atoms with Gasteiger partial charge in [0.1, 0.15) is 5.76 Å². The second kappa shape index (κ2) is 6.06. The van der Waals surface area contributed by atoms with Gasteiger partial charge in [-0.25, -0.2) is 18.4 Å². The molecule has 4 heterocycles. The summed E-state index contributed by atoms with van der Waals surface area (Å²) in [5.74, 6) is 1.72. The third-order valence-electron chi connectivity index (χ3n) is 5.14. The fraction of sp³-hybridized carbons (Fsp3) is 0.562. The van der Waals surface area contributed by atoms with Crippen LogP contribution in [0.2, 0.25) is 0 Å². The van der Waals surface area contributed by atoms with Crippen LogP contribution in [0.5, 0.6) is 0 Å². The zero-order chi connectivity index (χ0) is 17.6. The van der Waals surface area contributed by atoms with Gasteiger partial charge in [0.25, 0.3) is 0 Å². The molecule has 2 atom stereocenters. The number of sulfone groups is 1. The highest BCUT2D eigenvalue weighted by molar-refractivity contribution is 7.91. The second-order valence-corrected chi connectivity index (χ2v) is 8.88. The van der Waals surface area contributed by atoms with E-state index in [0.29, 0.717) is 19.0 Å². The summed E-state index contributed by atoms with van der Waals surface area (Å²) in [4.78, 5) is 12.9. The number of piperazine rings is 1. The highest BCUT2D eigenvalue weighted by Gasteiger charge is 2.47. The molecule has 25 heavy (non-hydrogen) atoms. The van der Waals surface area contributed by atoms with Crippen molar-refractivity contribution in [2.45, 2.75) is 32.5 Å². The molecule has 0 spiro atoms. The smallest absolute Gasteiger partial charge is 0.225 e. The Bertz CT molecular complexity index is 848. The number of hydrogen-bond donors (Lipinski definition) is 0. The predicted octanol–water partition coefficient (Wildman–Crippen LogP) is 0.569. The first-order valence-electron chi connectivity index (χ1n) is 8.34. The molecule has 0 radical (unpaired) electrons. The molecule has 0 amide bonds. The third kappa shape index (κ3) is 3.02. The van der Waals surface area contributed by atoms with E-state index in [0.717, 1.165) is 23.6 Å². The van der Waals surface area contributed by atoms with E-state index in [-0.39, 0.29) is 23.6 Å². The number of anilines is 1. The Morgan fingerprint density at radius 1 is 1.16 bits per heavy atom. The molecule has 4 rings (SSSR count). The number of rotatable bonds is 3. The molecular weight excluding hydrogens is 342 g/mol. The fourth-order valence-electron chi connectivity index (χ4n) is 3.84. The fourth-order valence-corrected chi connectivity index (χ4v) is 5.85. The molecule has 0 bridgehead atoms. The molecule has 8 nitrogen and oxygen atoms in total. The van der Waals surface area contributed by atoms with Crippen LogP contribution in [0.4, 0.5) is 5.95 Å². The molecule has 0 aliphatic carbocycles. The van der Waals surface area contributed by atoms with Gasteiger partial charge < -0.3 is 9.42 Å². The number of nitrogens with zero attached hydrogens (tertiary/aromatic N) is 5. The molecule has 2 aromatic rings. The van der Waals surface area contributed by atoms with Crippen LogP contribution in [0.15, 0.2) is 23.0 Å². The van der Waals surface area contributed by atoms with Gasteiger partial charge in [-0.1, -0.05) is 5.16 Å². The van der Waals surface area contributed by atoms with Gasteiger partial charge in [-0.3, -0.25) is 4.90 Å². The van der Waals surface area contributed by atoms with Crippen LogP contribution in [0.3, 0.4) is 0 Å². The monoisotopic (exact) mass is 363 g/mol. The molecule has 9 heteroatoms. The SMILES string of the molecule is Cc1noc(C)c1CN1CCN(c2ncccn2)[C@@H]2CS(=O)(=O)C[C@@H]21. The summed E-state index contributed by atoms with van der Waals surface area (Å²) in [5, 5.41) is 4.01. The lowest BCUT2D eigenvalue weighted by atomic mass is 10.0. The highest BCUT2D eigenvalue weighted by Crippen LogP contribution is 2.30. The topological polar surface area (TPSA) is 92.4 Å². The van der Waals surface area contributed by atoms with E-state index in [9.17, 15) is 8.42 Å². The quantitative estimate of drug-likeness (QED) is 0.781. The molecule has 0 saturated carbocycles. The lowest BCUT2D eigenvalue weighted by Crippen LogP contribution is -2.59. The molecule has 0 N–H and O–H groups in total. The second-order valence-electron chi connectivity index (χ2n) is 6.73. The molecule has 2 fully saturated rings. The van der Waals surface area contributed by atoms with Gasteiger partial charge in [0.15, 0.2) is 9.84 Å². The number of hydrogen-bond acceptors (Lipinski definition) is 8. The van der Waals surface area contributed by atoms with Crippen molar-refractivity contribution in [1.29, 1.82) is 0 Å². The van der Waals surface area contributed by atoms with Gasteiger partial charge in [-0.2, -0.15) is 0 Å². The minimum Gasteiger partial charge on any atom is -0.361 e. The maximum absolute atomic E-state index is 12.3. The standard InChI is InChI=1S/C16H21N5O3S/c1-11-13(12(2)24-19-11)8-20-6-7-21(16-17-4-3-5-18-16)15-10-25(22,23)9-14(15)20/h3-5,14-15H,6-10H2,1-2H3/t14-,15+/m0/s1. The van der Waals surface area contributed by atoms with E-state index in [1.54, 1.807) is 18.5 Å². The van der Waals surface area contributed by atoms with E-state index in [1.165, 1.54) is 0 Å². The van der Waals surface area contributed by atoms with Gasteiger partial charge in [0.2, 0.25) is 5.95 Å². The summed E-state index contributed by atoms with van der Waals surface area (Å²) < 4.78 is 29.9. The molecule has 2 aliphatic heterocycles. The average Bonchev–Trinajstić information content (AvgIpc) is 3.08. The highest BCUT2D eigenvalue weighted by atomic mass is 32.2. The first-order chi connectivity index (χ1) is 11.9. The predicted molar refractivity (Wildman–Crippen MR) is 92.0 cm³/mol. The van der Waals surface area contributed by atoms with Gasteiger partial charge in [0, 0.05) is 43.6 Å². The summed E-state index contributed by atoms with van der Waals surface area (Å²) >= 11 is 0. The van der Waals surface area contributed by atoms with E-state index in [1.807, 2.05) is 18.7 Å². The Morgan fingerprint density at radius 2 is 1.88 bits per heavy atom. The van der Waals surface area contributed by atoms with E-state index in [2.05, 4.69) is 20.0 Å². The van der Waals surface area contributed by atoms with Crippen molar-refractivity contribution >= 4 is 15.8 Å². The van der Waals surface area contributed by atoms with Crippen LogP contribution in [0, 0.1) is 13.8 Å². The Balaban J connectivity index is 1.63. The van der Waals surface area contributed by atoms with E-state index < -0.39 is 9.84 Å². The largest absolute Gasteiger partial charge is 0.361 e. The number of aromatic nitrogens is 3. The normalized spacial score (nSPS) is 25.9. The first kappa shape index (κ1) is 16.5. The molecule has 134 valence electrons. The van der Waals surface area contributed by atoms with Crippen LogP contribution in [0.1, 0.15) is 17.0 Å². The Morgan fingerprint density at radius 3 is 2.56 bits per heavy atom. The first-order valence-corrected chi connectivity index (χ1v) is 10.2. The summed E-state index contributed by atoms with van der Waals surface area (Å²) in [6, 6.07) is 1.57. The van der Waals surface area contributed by atoms with E-state index >= 15 is 0 Å². The van der Waals surface area contributed by atoms with Crippen LogP contribution in [-0.4, -0.2) is 65.1 Å². The average molecular weight is 363 g/mol. The third-order valence-corrected chi connectivity index (χ3v) is 6.84. The number of fused-ring (bicyclic) bond motifs is 1. The van der Waals surface area contributed by atoms with Crippen LogP contribution >= 0.6 is 0 Å². The van der Waals surface area contributed by atoms with Crippen LogP contribution in [-0.2, 0) is 16.4 Å². The van der Waals surface area contributed by atoms with Gasteiger partial charge >= 0.3 is 0 Å². The molecule has 0 aromatic carbocycles. The lowest BCUT2D eigenvalue weighted by molar-refractivity contribution is 0.158. The van der Waals surface area contributed by atoms with Crippen molar-refractivity contribution in [3.8, 4) is 0 Å². The molecule has 2 saturated heterocycles. The lowest BCUT2D eigenvalue weighted by Gasteiger charge is -2.43. The summed E-state index contributed by atoms with van der Waals surface area (Å²) in [6.07, 6.45) is 3.38. The van der Waals surface area contributed by atoms with Crippen molar-refractivity contribution in [2.24, 2.45) is 0 Å². The van der Waals surface area contributed by atoms with Crippen molar-refractivity contribution in [3.63, 3.8) is 0 Å². The minimum atomic E-state index is -3.08. The van der Waals surface area contributed by atoms with Gasteiger partial charge in [0.05, 0.1) is 23.2 Å². The maximum Gasteiger partial charge on any atom is 0.225 e. The summed E-state index contributed by atoms with van der Waals surface area (Å²) in [7, 11) is -3.08. The van der Waals surface area contributed by atoms with Crippen molar-refractivity contribution in [2.75, 3.05) is 29.5 Å². The zero-order valence-electron chi connectivity index (χ0n) is 14.3. The minimum absolute atomic E-state index is 0.0729. The van der Waals surface area contributed by atoms with Crippen LogP contribution in [0.25, 0.3) is 0 Å². The maximum atomic E-state index is 12.3. The Kier molecular flexibility index (Phi) is 3.99. The Labute approximate surface area is 146 Å².